The van der Waals surface area contributed by atoms with E-state index in [2.05, 4.69) is 0 Å². The van der Waals surface area contributed by atoms with Gasteiger partial charge in [0.2, 0.25) is 0 Å². The fourth-order valence-corrected chi connectivity index (χ4v) is 2.22. The van der Waals surface area contributed by atoms with Crippen LogP contribution < -0.4 is 4.90 Å². The SMILES string of the molecule is CC1(C)COCCN1c1c(F)cc(C(=O)O)cc1F. The first-order valence-electron chi connectivity index (χ1n) is 5.90. The van der Waals surface area contributed by atoms with Crippen molar-refractivity contribution in [3.05, 3.63) is 29.3 Å². The van der Waals surface area contributed by atoms with Crippen LogP contribution in [0.2, 0.25) is 0 Å². The Morgan fingerprint density at radius 2 is 1.95 bits per heavy atom. The molecule has 0 saturated carbocycles. The first-order valence-corrected chi connectivity index (χ1v) is 5.90. The van der Waals surface area contributed by atoms with Crippen molar-refractivity contribution in [1.82, 2.24) is 0 Å². The van der Waals surface area contributed by atoms with Crippen molar-refractivity contribution < 1.29 is 23.4 Å². The summed E-state index contributed by atoms with van der Waals surface area (Å²) < 4.78 is 33.3. The summed E-state index contributed by atoms with van der Waals surface area (Å²) in [5.74, 6) is -3.09. The van der Waals surface area contributed by atoms with E-state index in [1.807, 2.05) is 13.8 Å². The van der Waals surface area contributed by atoms with Gasteiger partial charge in [-0.25, -0.2) is 13.6 Å². The van der Waals surface area contributed by atoms with Crippen molar-refractivity contribution >= 4 is 11.7 Å². The lowest BCUT2D eigenvalue weighted by Crippen LogP contribution is -2.53. The lowest BCUT2D eigenvalue weighted by atomic mass is 10.0. The molecule has 0 amide bonds. The fraction of sp³-hybridized carbons (Fsp3) is 0.462. The average Bonchev–Trinajstić information content (AvgIpc) is 2.29. The third kappa shape index (κ3) is 2.53. The summed E-state index contributed by atoms with van der Waals surface area (Å²) in [5.41, 5.74) is -1.15. The van der Waals surface area contributed by atoms with Crippen molar-refractivity contribution in [2.45, 2.75) is 19.4 Å². The van der Waals surface area contributed by atoms with E-state index in [9.17, 15) is 13.6 Å². The van der Waals surface area contributed by atoms with Gasteiger partial charge in [0.25, 0.3) is 0 Å². The molecular formula is C13H15F2NO3. The molecule has 1 N–H and O–H groups in total. The number of hydrogen-bond donors (Lipinski definition) is 1. The van der Waals surface area contributed by atoms with Crippen LogP contribution in [-0.4, -0.2) is 36.4 Å². The van der Waals surface area contributed by atoms with E-state index in [0.717, 1.165) is 12.1 Å². The molecule has 1 fully saturated rings. The highest BCUT2D eigenvalue weighted by Crippen LogP contribution is 2.32. The minimum absolute atomic E-state index is 0.196. The van der Waals surface area contributed by atoms with Crippen molar-refractivity contribution in [3.63, 3.8) is 0 Å². The number of morpholine rings is 1. The number of halogens is 2. The molecule has 1 aliphatic heterocycles. The molecule has 104 valence electrons. The van der Waals surface area contributed by atoms with Crippen LogP contribution in [0.15, 0.2) is 12.1 Å². The Bertz CT molecular complexity index is 494. The van der Waals surface area contributed by atoms with E-state index in [0.29, 0.717) is 19.8 Å². The summed E-state index contributed by atoms with van der Waals surface area (Å²) in [6.45, 7) is 4.72. The number of rotatable bonds is 2. The fourth-order valence-electron chi connectivity index (χ4n) is 2.22. The molecule has 2 rings (SSSR count). The van der Waals surface area contributed by atoms with E-state index in [1.165, 1.54) is 0 Å². The van der Waals surface area contributed by atoms with Crippen molar-refractivity contribution in [2.24, 2.45) is 0 Å². The summed E-state index contributed by atoms with van der Waals surface area (Å²) in [5, 5.41) is 8.77. The second-order valence-electron chi connectivity index (χ2n) is 5.11. The van der Waals surface area contributed by atoms with Gasteiger partial charge in [-0.2, -0.15) is 0 Å². The van der Waals surface area contributed by atoms with Crippen LogP contribution >= 0.6 is 0 Å². The largest absolute Gasteiger partial charge is 0.478 e. The van der Waals surface area contributed by atoms with Gasteiger partial charge in [0.1, 0.15) is 17.3 Å². The van der Waals surface area contributed by atoms with Gasteiger partial charge in [0.05, 0.1) is 24.3 Å². The number of aromatic carboxylic acids is 1. The van der Waals surface area contributed by atoms with E-state index in [-0.39, 0.29) is 5.69 Å². The first-order chi connectivity index (χ1) is 8.83. The van der Waals surface area contributed by atoms with Gasteiger partial charge in [-0.1, -0.05) is 0 Å². The molecule has 1 aliphatic rings. The molecule has 0 aromatic heterocycles. The number of ether oxygens (including phenoxy) is 1. The van der Waals surface area contributed by atoms with Gasteiger partial charge < -0.3 is 14.7 Å². The Morgan fingerprint density at radius 3 is 2.42 bits per heavy atom. The Labute approximate surface area is 109 Å². The van der Waals surface area contributed by atoms with E-state index in [4.69, 9.17) is 9.84 Å². The monoisotopic (exact) mass is 271 g/mol. The third-order valence-corrected chi connectivity index (χ3v) is 3.18. The average molecular weight is 271 g/mol. The van der Waals surface area contributed by atoms with Crippen LogP contribution in [0.4, 0.5) is 14.5 Å². The zero-order chi connectivity index (χ0) is 14.2. The van der Waals surface area contributed by atoms with Gasteiger partial charge in [0, 0.05) is 6.54 Å². The standard InChI is InChI=1S/C13H15F2NO3/c1-13(2)7-19-4-3-16(13)11-9(14)5-8(12(17)18)6-10(11)15/h5-6H,3-4,7H2,1-2H3,(H,17,18). The maximum absolute atomic E-state index is 14.0. The van der Waals surface area contributed by atoms with Gasteiger partial charge in [0.15, 0.2) is 0 Å². The maximum atomic E-state index is 14.0. The lowest BCUT2D eigenvalue weighted by Gasteiger charge is -2.43. The summed E-state index contributed by atoms with van der Waals surface area (Å²) in [6, 6.07) is 1.68. The highest BCUT2D eigenvalue weighted by atomic mass is 19.1. The van der Waals surface area contributed by atoms with Crippen molar-refractivity contribution in [3.8, 4) is 0 Å². The highest BCUT2D eigenvalue weighted by molar-refractivity contribution is 5.88. The molecule has 1 saturated heterocycles. The van der Waals surface area contributed by atoms with E-state index < -0.39 is 28.7 Å². The second kappa shape index (κ2) is 4.77. The Morgan fingerprint density at radius 1 is 1.37 bits per heavy atom. The Kier molecular flexibility index (Phi) is 3.45. The Hall–Kier alpha value is -1.69. The topological polar surface area (TPSA) is 49.8 Å². The number of carboxylic acids is 1. The van der Waals surface area contributed by atoms with Crippen molar-refractivity contribution in [2.75, 3.05) is 24.7 Å². The van der Waals surface area contributed by atoms with Gasteiger partial charge >= 0.3 is 5.97 Å². The predicted octanol–water partition coefficient (Wildman–Crippen LogP) is 2.28. The van der Waals surface area contributed by atoms with Crippen LogP contribution in [-0.2, 0) is 4.74 Å². The molecule has 1 heterocycles. The number of carbonyl (C=O) groups is 1. The number of hydrogen-bond acceptors (Lipinski definition) is 3. The minimum Gasteiger partial charge on any atom is -0.478 e. The summed E-state index contributed by atoms with van der Waals surface area (Å²) in [6.07, 6.45) is 0. The molecule has 0 spiro atoms. The van der Waals surface area contributed by atoms with Crippen LogP contribution in [0.3, 0.4) is 0 Å². The van der Waals surface area contributed by atoms with Gasteiger partial charge in [-0.15, -0.1) is 0 Å². The number of anilines is 1. The zero-order valence-electron chi connectivity index (χ0n) is 10.7. The zero-order valence-corrected chi connectivity index (χ0v) is 10.7. The Balaban J connectivity index is 2.47. The van der Waals surface area contributed by atoms with Crippen LogP contribution in [0.1, 0.15) is 24.2 Å². The molecule has 0 atom stereocenters. The molecule has 1 aromatic rings. The molecule has 6 heteroatoms. The maximum Gasteiger partial charge on any atom is 0.335 e. The molecular weight excluding hydrogens is 256 g/mol. The number of carboxylic acid groups (broad SMARTS) is 1. The molecule has 19 heavy (non-hydrogen) atoms. The minimum atomic E-state index is -1.36. The van der Waals surface area contributed by atoms with Crippen LogP contribution in [0.5, 0.6) is 0 Å². The molecule has 4 nitrogen and oxygen atoms in total. The molecule has 0 unspecified atom stereocenters. The highest BCUT2D eigenvalue weighted by Gasteiger charge is 2.34. The quantitative estimate of drug-likeness (QED) is 0.896. The predicted molar refractivity (Wildman–Crippen MR) is 65.6 cm³/mol. The number of benzene rings is 1. The molecule has 1 aromatic carbocycles. The smallest absolute Gasteiger partial charge is 0.335 e. The normalized spacial score (nSPS) is 18.4. The molecule has 0 aliphatic carbocycles. The summed E-state index contributed by atoms with van der Waals surface area (Å²) in [4.78, 5) is 12.3. The van der Waals surface area contributed by atoms with E-state index >= 15 is 0 Å². The molecule has 0 radical (unpaired) electrons. The van der Waals surface area contributed by atoms with E-state index in [1.54, 1.807) is 4.90 Å². The van der Waals surface area contributed by atoms with Crippen LogP contribution in [0.25, 0.3) is 0 Å². The van der Waals surface area contributed by atoms with Crippen LogP contribution in [0, 0.1) is 11.6 Å². The number of nitrogens with zero attached hydrogens (tertiary/aromatic N) is 1. The third-order valence-electron chi connectivity index (χ3n) is 3.18. The summed E-state index contributed by atoms with van der Waals surface area (Å²) >= 11 is 0. The first kappa shape index (κ1) is 13.7. The molecule has 0 bridgehead atoms. The van der Waals surface area contributed by atoms with Crippen molar-refractivity contribution in [1.29, 1.82) is 0 Å². The summed E-state index contributed by atoms with van der Waals surface area (Å²) in [7, 11) is 0. The lowest BCUT2D eigenvalue weighted by molar-refractivity contribution is 0.0634. The van der Waals surface area contributed by atoms with Gasteiger partial charge in [-0.05, 0) is 26.0 Å². The second-order valence-corrected chi connectivity index (χ2v) is 5.11. The van der Waals surface area contributed by atoms with Gasteiger partial charge in [-0.3, -0.25) is 0 Å².